The fourth-order valence-corrected chi connectivity index (χ4v) is 3.22. The zero-order chi connectivity index (χ0) is 12.7. The van der Waals surface area contributed by atoms with Gasteiger partial charge in [-0.25, -0.2) is 0 Å². The van der Waals surface area contributed by atoms with Crippen molar-refractivity contribution < 1.29 is 14.3 Å². The second-order valence-corrected chi connectivity index (χ2v) is 5.50. The SMILES string of the molecule is CCCc1ccc(CN2C[C@@H]3C(C(=O)O)[C@@H]3C2)o1. The number of aliphatic carboxylic acids is 1. The number of carboxylic acid groups (broad SMARTS) is 1. The molecular formula is C14H19NO3. The number of likely N-dealkylation sites (tertiary alicyclic amines) is 1. The van der Waals surface area contributed by atoms with Crippen LogP contribution < -0.4 is 0 Å². The van der Waals surface area contributed by atoms with Gasteiger partial charge in [0, 0.05) is 19.5 Å². The van der Waals surface area contributed by atoms with Gasteiger partial charge < -0.3 is 9.52 Å². The van der Waals surface area contributed by atoms with Gasteiger partial charge in [-0.1, -0.05) is 6.92 Å². The molecule has 0 aromatic carbocycles. The summed E-state index contributed by atoms with van der Waals surface area (Å²) in [6.07, 6.45) is 2.09. The van der Waals surface area contributed by atoms with Gasteiger partial charge in [0.15, 0.2) is 0 Å². The Balaban J connectivity index is 1.52. The molecule has 1 saturated carbocycles. The van der Waals surface area contributed by atoms with Crippen LogP contribution in [0, 0.1) is 17.8 Å². The lowest BCUT2D eigenvalue weighted by Crippen LogP contribution is -2.25. The number of hydrogen-bond donors (Lipinski definition) is 1. The van der Waals surface area contributed by atoms with Gasteiger partial charge in [-0.05, 0) is 30.4 Å². The molecule has 3 atom stereocenters. The number of furan rings is 1. The van der Waals surface area contributed by atoms with Crippen molar-refractivity contribution in [2.24, 2.45) is 17.8 Å². The molecule has 3 rings (SSSR count). The van der Waals surface area contributed by atoms with Crippen molar-refractivity contribution in [3.63, 3.8) is 0 Å². The summed E-state index contributed by atoms with van der Waals surface area (Å²) in [6, 6.07) is 4.10. The number of carboxylic acids is 1. The molecule has 0 bridgehead atoms. The molecule has 1 aliphatic carbocycles. The topological polar surface area (TPSA) is 53.7 Å². The van der Waals surface area contributed by atoms with Crippen LogP contribution in [0.1, 0.15) is 24.9 Å². The molecule has 4 nitrogen and oxygen atoms in total. The molecule has 1 aromatic rings. The fourth-order valence-electron chi connectivity index (χ4n) is 3.22. The van der Waals surface area contributed by atoms with E-state index in [9.17, 15) is 4.79 Å². The first-order valence-electron chi connectivity index (χ1n) is 6.71. The third-order valence-electron chi connectivity index (χ3n) is 4.15. The van der Waals surface area contributed by atoms with Crippen LogP contribution in [0.5, 0.6) is 0 Å². The lowest BCUT2D eigenvalue weighted by molar-refractivity contribution is -0.139. The molecule has 18 heavy (non-hydrogen) atoms. The maximum atomic E-state index is 10.9. The monoisotopic (exact) mass is 249 g/mol. The summed E-state index contributed by atoms with van der Waals surface area (Å²) in [6.45, 7) is 4.78. The van der Waals surface area contributed by atoms with Crippen molar-refractivity contribution in [1.82, 2.24) is 4.90 Å². The highest BCUT2D eigenvalue weighted by Gasteiger charge is 2.59. The molecule has 1 aliphatic heterocycles. The summed E-state index contributed by atoms with van der Waals surface area (Å²) < 4.78 is 5.75. The van der Waals surface area contributed by atoms with Crippen molar-refractivity contribution in [3.05, 3.63) is 23.7 Å². The van der Waals surface area contributed by atoms with E-state index in [1.165, 1.54) is 0 Å². The minimum absolute atomic E-state index is 0.0755. The highest BCUT2D eigenvalue weighted by Crippen LogP contribution is 2.51. The van der Waals surface area contributed by atoms with E-state index in [4.69, 9.17) is 9.52 Å². The third kappa shape index (κ3) is 2.05. The van der Waals surface area contributed by atoms with Crippen molar-refractivity contribution in [1.29, 1.82) is 0 Å². The van der Waals surface area contributed by atoms with E-state index < -0.39 is 5.97 Å². The summed E-state index contributed by atoms with van der Waals surface area (Å²) in [4.78, 5) is 13.2. The van der Waals surface area contributed by atoms with Crippen LogP contribution in [0.25, 0.3) is 0 Å². The first-order valence-corrected chi connectivity index (χ1v) is 6.71. The second-order valence-electron chi connectivity index (χ2n) is 5.50. The standard InChI is InChI=1S/C14H19NO3/c1-2-3-9-4-5-10(18-9)6-15-7-11-12(8-15)13(11)14(16)17/h4-5,11-13H,2-3,6-8H2,1H3,(H,16,17)/t11-,12+,13?. The minimum Gasteiger partial charge on any atom is -0.481 e. The van der Waals surface area contributed by atoms with Gasteiger partial charge in [0.05, 0.1) is 12.5 Å². The zero-order valence-corrected chi connectivity index (χ0v) is 10.6. The summed E-state index contributed by atoms with van der Waals surface area (Å²) in [7, 11) is 0. The number of fused-ring (bicyclic) bond motifs is 1. The Kier molecular flexibility index (Phi) is 2.90. The van der Waals surface area contributed by atoms with E-state index in [-0.39, 0.29) is 5.92 Å². The number of hydrogen-bond acceptors (Lipinski definition) is 3. The molecule has 2 fully saturated rings. The Morgan fingerprint density at radius 3 is 2.67 bits per heavy atom. The van der Waals surface area contributed by atoms with Crippen molar-refractivity contribution in [2.75, 3.05) is 13.1 Å². The molecule has 0 spiro atoms. The Bertz CT molecular complexity index is 442. The van der Waals surface area contributed by atoms with E-state index >= 15 is 0 Å². The Morgan fingerprint density at radius 1 is 1.39 bits per heavy atom. The molecule has 2 heterocycles. The highest BCUT2D eigenvalue weighted by molar-refractivity contribution is 5.74. The van der Waals surface area contributed by atoms with Gasteiger partial charge in [-0.15, -0.1) is 0 Å². The first kappa shape index (κ1) is 11.8. The van der Waals surface area contributed by atoms with Crippen LogP contribution in [0.15, 0.2) is 16.5 Å². The smallest absolute Gasteiger partial charge is 0.307 e. The molecule has 2 aliphatic rings. The third-order valence-corrected chi connectivity index (χ3v) is 4.15. The second kappa shape index (κ2) is 4.43. The number of carbonyl (C=O) groups is 1. The Labute approximate surface area is 107 Å². The fraction of sp³-hybridized carbons (Fsp3) is 0.643. The van der Waals surface area contributed by atoms with Crippen LogP contribution in [0.3, 0.4) is 0 Å². The molecule has 1 aromatic heterocycles. The van der Waals surface area contributed by atoms with Crippen LogP contribution in [0.2, 0.25) is 0 Å². The van der Waals surface area contributed by atoms with Crippen molar-refractivity contribution in [3.8, 4) is 0 Å². The largest absolute Gasteiger partial charge is 0.481 e. The Hall–Kier alpha value is -1.29. The molecule has 1 saturated heterocycles. The predicted octanol–water partition coefficient (Wildman–Crippen LogP) is 1.99. The molecule has 4 heteroatoms. The van der Waals surface area contributed by atoms with Crippen LogP contribution in [-0.2, 0) is 17.8 Å². The van der Waals surface area contributed by atoms with Gasteiger partial charge in [0.1, 0.15) is 11.5 Å². The zero-order valence-electron chi connectivity index (χ0n) is 10.6. The van der Waals surface area contributed by atoms with Crippen LogP contribution >= 0.6 is 0 Å². The quantitative estimate of drug-likeness (QED) is 0.867. The molecule has 1 unspecified atom stereocenters. The number of aryl methyl sites for hydroxylation is 1. The number of piperidine rings is 1. The molecule has 1 N–H and O–H groups in total. The lowest BCUT2D eigenvalue weighted by Gasteiger charge is -2.16. The summed E-state index contributed by atoms with van der Waals surface area (Å²) in [5, 5.41) is 8.96. The van der Waals surface area contributed by atoms with Gasteiger partial charge >= 0.3 is 5.97 Å². The maximum absolute atomic E-state index is 10.9. The normalized spacial score (nSPS) is 30.4. The molecule has 98 valence electrons. The van der Waals surface area contributed by atoms with E-state index in [0.29, 0.717) is 11.8 Å². The molecular weight excluding hydrogens is 230 g/mol. The maximum Gasteiger partial charge on any atom is 0.307 e. The van der Waals surface area contributed by atoms with E-state index in [0.717, 1.165) is 44.0 Å². The van der Waals surface area contributed by atoms with Crippen molar-refractivity contribution >= 4 is 5.97 Å². The van der Waals surface area contributed by atoms with E-state index in [2.05, 4.69) is 17.9 Å². The molecule has 0 amide bonds. The van der Waals surface area contributed by atoms with Gasteiger partial charge in [-0.3, -0.25) is 9.69 Å². The Morgan fingerprint density at radius 2 is 2.06 bits per heavy atom. The van der Waals surface area contributed by atoms with Crippen molar-refractivity contribution in [2.45, 2.75) is 26.3 Å². The van der Waals surface area contributed by atoms with Crippen LogP contribution in [0.4, 0.5) is 0 Å². The number of rotatable bonds is 5. The number of nitrogens with zero attached hydrogens (tertiary/aromatic N) is 1. The highest BCUT2D eigenvalue weighted by atomic mass is 16.4. The average molecular weight is 249 g/mol. The summed E-state index contributed by atoms with van der Waals surface area (Å²) >= 11 is 0. The van der Waals surface area contributed by atoms with Crippen LogP contribution in [-0.4, -0.2) is 29.1 Å². The lowest BCUT2D eigenvalue weighted by atomic mass is 10.2. The minimum atomic E-state index is -0.618. The predicted molar refractivity (Wildman–Crippen MR) is 66.1 cm³/mol. The first-order chi connectivity index (χ1) is 8.69. The van der Waals surface area contributed by atoms with Gasteiger partial charge in [-0.2, -0.15) is 0 Å². The van der Waals surface area contributed by atoms with Gasteiger partial charge in [0.25, 0.3) is 0 Å². The summed E-state index contributed by atoms with van der Waals surface area (Å²) in [5.74, 6) is 2.13. The van der Waals surface area contributed by atoms with E-state index in [1.807, 2.05) is 6.07 Å². The molecule has 0 radical (unpaired) electrons. The average Bonchev–Trinajstić information content (AvgIpc) is 2.69. The van der Waals surface area contributed by atoms with Gasteiger partial charge in [0.2, 0.25) is 0 Å². The summed E-state index contributed by atoms with van der Waals surface area (Å²) in [5.41, 5.74) is 0. The van der Waals surface area contributed by atoms with E-state index in [1.54, 1.807) is 0 Å².